The standard InChI is InChI=1S/C11H7F6NO2/c12-6-3-1-2-5(7(6)11(15,16)17)8-10(13,14)4-20-9(19)18-8/h1-3,8H,4H2,(H,18,19)/t8-/m1/s1. The first kappa shape index (κ1) is 14.5. The molecular weight excluding hydrogens is 292 g/mol. The quantitative estimate of drug-likeness (QED) is 0.808. The molecule has 0 aliphatic carbocycles. The summed E-state index contributed by atoms with van der Waals surface area (Å²) < 4.78 is 82.9. The van der Waals surface area contributed by atoms with Crippen LogP contribution >= 0.6 is 0 Å². The normalized spacial score (nSPS) is 22.1. The summed E-state index contributed by atoms with van der Waals surface area (Å²) in [6, 6.07) is -0.254. The number of hydrogen-bond acceptors (Lipinski definition) is 2. The molecule has 1 aliphatic heterocycles. The van der Waals surface area contributed by atoms with Crippen molar-refractivity contribution in [3.8, 4) is 0 Å². The average molecular weight is 299 g/mol. The van der Waals surface area contributed by atoms with Gasteiger partial charge in [0.2, 0.25) is 0 Å². The van der Waals surface area contributed by atoms with Crippen molar-refractivity contribution in [2.45, 2.75) is 18.1 Å². The van der Waals surface area contributed by atoms with Gasteiger partial charge >= 0.3 is 18.2 Å². The lowest BCUT2D eigenvalue weighted by molar-refractivity contribution is -0.144. The first-order valence-corrected chi connectivity index (χ1v) is 5.29. The Hall–Kier alpha value is -1.93. The molecule has 1 atom stereocenters. The van der Waals surface area contributed by atoms with Crippen LogP contribution in [0.5, 0.6) is 0 Å². The monoisotopic (exact) mass is 299 g/mol. The molecule has 1 N–H and O–H groups in total. The molecule has 9 heteroatoms. The van der Waals surface area contributed by atoms with Gasteiger partial charge in [-0.25, -0.2) is 18.0 Å². The second-order valence-corrected chi connectivity index (χ2v) is 4.12. The molecule has 1 amide bonds. The molecule has 1 saturated heterocycles. The van der Waals surface area contributed by atoms with Crippen LogP contribution in [-0.2, 0) is 10.9 Å². The molecule has 1 aliphatic rings. The van der Waals surface area contributed by atoms with Crippen LogP contribution in [0, 0.1) is 5.82 Å². The number of nitrogens with one attached hydrogen (secondary N) is 1. The maximum Gasteiger partial charge on any atom is 0.419 e. The molecule has 0 saturated carbocycles. The maximum absolute atomic E-state index is 13.6. The van der Waals surface area contributed by atoms with Crippen molar-refractivity contribution in [3.05, 3.63) is 35.1 Å². The Morgan fingerprint density at radius 2 is 1.95 bits per heavy atom. The number of cyclic esters (lactones) is 1. The van der Waals surface area contributed by atoms with Crippen molar-refractivity contribution in [1.82, 2.24) is 5.32 Å². The molecule has 1 aromatic rings. The predicted octanol–water partition coefficient (Wildman–Crippen LogP) is 3.26. The molecule has 1 heterocycles. The summed E-state index contributed by atoms with van der Waals surface area (Å²) in [7, 11) is 0. The van der Waals surface area contributed by atoms with Crippen LogP contribution < -0.4 is 5.32 Å². The van der Waals surface area contributed by atoms with Crippen LogP contribution in [0.1, 0.15) is 17.2 Å². The van der Waals surface area contributed by atoms with Gasteiger partial charge in [0.15, 0.2) is 6.61 Å². The van der Waals surface area contributed by atoms with Crippen LogP contribution in [0.3, 0.4) is 0 Å². The van der Waals surface area contributed by atoms with Crippen LogP contribution in [0.2, 0.25) is 0 Å². The molecular formula is C11H7F6NO2. The lowest BCUT2D eigenvalue weighted by Crippen LogP contribution is -2.50. The van der Waals surface area contributed by atoms with Crippen molar-refractivity contribution in [3.63, 3.8) is 0 Å². The molecule has 0 bridgehead atoms. The maximum atomic E-state index is 13.6. The molecule has 0 radical (unpaired) electrons. The summed E-state index contributed by atoms with van der Waals surface area (Å²) >= 11 is 0. The van der Waals surface area contributed by atoms with E-state index < -0.39 is 47.8 Å². The second kappa shape index (κ2) is 4.57. The molecule has 110 valence electrons. The number of ether oxygens (including phenoxy) is 1. The number of benzene rings is 1. The van der Waals surface area contributed by atoms with E-state index in [1.165, 1.54) is 0 Å². The van der Waals surface area contributed by atoms with Gasteiger partial charge in [-0.1, -0.05) is 12.1 Å². The van der Waals surface area contributed by atoms with Crippen molar-refractivity contribution in [2.75, 3.05) is 6.61 Å². The van der Waals surface area contributed by atoms with E-state index in [9.17, 15) is 31.1 Å². The van der Waals surface area contributed by atoms with E-state index in [-0.39, 0.29) is 0 Å². The Labute approximate surface area is 108 Å². The Bertz CT molecular complexity index is 542. The van der Waals surface area contributed by atoms with Gasteiger partial charge in [0.25, 0.3) is 0 Å². The first-order valence-electron chi connectivity index (χ1n) is 5.29. The zero-order chi connectivity index (χ0) is 15.1. The molecule has 1 aromatic carbocycles. The Balaban J connectivity index is 2.57. The fourth-order valence-corrected chi connectivity index (χ4v) is 1.90. The molecule has 3 nitrogen and oxygen atoms in total. The highest BCUT2D eigenvalue weighted by Gasteiger charge is 2.50. The number of carbonyl (C=O) groups excluding carboxylic acids is 1. The number of carbonyl (C=O) groups is 1. The summed E-state index contributed by atoms with van der Waals surface area (Å²) in [5.74, 6) is -5.48. The highest BCUT2D eigenvalue weighted by atomic mass is 19.4. The van der Waals surface area contributed by atoms with Gasteiger partial charge in [0.1, 0.15) is 11.9 Å². The number of halogens is 6. The summed E-state index contributed by atoms with van der Waals surface area (Å²) in [5.41, 5.74) is -2.87. The lowest BCUT2D eigenvalue weighted by Gasteiger charge is -2.33. The second-order valence-electron chi connectivity index (χ2n) is 4.12. The van der Waals surface area contributed by atoms with Crippen molar-refractivity contribution in [1.29, 1.82) is 0 Å². The van der Waals surface area contributed by atoms with Crippen LogP contribution in [-0.4, -0.2) is 18.6 Å². The van der Waals surface area contributed by atoms with Crippen LogP contribution in [0.15, 0.2) is 18.2 Å². The van der Waals surface area contributed by atoms with Gasteiger partial charge < -0.3 is 10.1 Å². The lowest BCUT2D eigenvalue weighted by atomic mass is 9.94. The van der Waals surface area contributed by atoms with E-state index in [2.05, 4.69) is 4.74 Å². The van der Waals surface area contributed by atoms with Crippen LogP contribution in [0.25, 0.3) is 0 Å². The highest BCUT2D eigenvalue weighted by molar-refractivity contribution is 5.69. The summed E-state index contributed by atoms with van der Waals surface area (Å²) in [5, 5.41) is 1.58. The largest absolute Gasteiger partial charge is 0.443 e. The number of alkyl carbamates (subject to hydrolysis) is 1. The van der Waals surface area contributed by atoms with E-state index in [1.54, 1.807) is 5.32 Å². The zero-order valence-electron chi connectivity index (χ0n) is 9.60. The van der Waals surface area contributed by atoms with Gasteiger partial charge in [0, 0.05) is 0 Å². The Kier molecular flexibility index (Phi) is 3.31. The molecule has 1 fully saturated rings. The SMILES string of the molecule is O=C1N[C@H](c2cccc(F)c2C(F)(F)F)C(F)(F)CO1. The topological polar surface area (TPSA) is 38.3 Å². The number of hydrogen-bond donors (Lipinski definition) is 1. The van der Waals surface area contributed by atoms with E-state index >= 15 is 0 Å². The van der Waals surface area contributed by atoms with Gasteiger partial charge in [-0.15, -0.1) is 0 Å². The van der Waals surface area contributed by atoms with Gasteiger partial charge in [-0.2, -0.15) is 13.2 Å². The number of alkyl halides is 5. The minimum absolute atomic E-state index is 0.506. The highest BCUT2D eigenvalue weighted by Crippen LogP contribution is 2.42. The fourth-order valence-electron chi connectivity index (χ4n) is 1.90. The van der Waals surface area contributed by atoms with E-state index in [1.807, 2.05) is 0 Å². The number of rotatable bonds is 1. The summed E-state index contributed by atoms with van der Waals surface area (Å²) in [4.78, 5) is 10.9. The minimum atomic E-state index is -5.17. The zero-order valence-corrected chi connectivity index (χ0v) is 9.60. The van der Waals surface area contributed by atoms with Gasteiger partial charge in [-0.3, -0.25) is 0 Å². The molecule has 0 aromatic heterocycles. The Morgan fingerprint density at radius 1 is 1.30 bits per heavy atom. The van der Waals surface area contributed by atoms with Crippen LogP contribution in [0.4, 0.5) is 31.1 Å². The molecule has 20 heavy (non-hydrogen) atoms. The third kappa shape index (κ3) is 2.52. The third-order valence-corrected chi connectivity index (χ3v) is 2.72. The molecule has 2 rings (SSSR count). The fraction of sp³-hybridized carbons (Fsp3) is 0.364. The van der Waals surface area contributed by atoms with Crippen molar-refractivity contribution < 1.29 is 35.9 Å². The summed E-state index contributed by atoms with van der Waals surface area (Å²) in [6.45, 7) is -1.38. The predicted molar refractivity (Wildman–Crippen MR) is 53.6 cm³/mol. The third-order valence-electron chi connectivity index (χ3n) is 2.72. The Morgan fingerprint density at radius 3 is 2.55 bits per heavy atom. The average Bonchev–Trinajstić information content (AvgIpc) is 2.30. The van der Waals surface area contributed by atoms with Crippen molar-refractivity contribution >= 4 is 6.09 Å². The molecule has 0 unspecified atom stereocenters. The minimum Gasteiger partial charge on any atom is -0.443 e. The van der Waals surface area contributed by atoms with E-state index in [0.29, 0.717) is 12.1 Å². The summed E-state index contributed by atoms with van der Waals surface area (Å²) in [6.07, 6.45) is -6.46. The van der Waals surface area contributed by atoms with Crippen molar-refractivity contribution in [2.24, 2.45) is 0 Å². The van der Waals surface area contributed by atoms with E-state index in [0.717, 1.165) is 6.07 Å². The molecule has 0 spiro atoms. The van der Waals surface area contributed by atoms with Gasteiger partial charge in [-0.05, 0) is 11.6 Å². The number of amides is 1. The smallest absolute Gasteiger partial charge is 0.419 e. The first-order chi connectivity index (χ1) is 9.13. The van der Waals surface area contributed by atoms with Gasteiger partial charge in [0.05, 0.1) is 5.56 Å². The van der Waals surface area contributed by atoms with E-state index in [4.69, 9.17) is 0 Å².